The Balaban J connectivity index is 2.50. The molecule has 0 saturated heterocycles. The number of allylic oxidation sites excluding steroid dienone is 2. The van der Waals surface area contributed by atoms with Gasteiger partial charge in [-0.2, -0.15) is 0 Å². The molecule has 64 valence electrons. The largest absolute Gasteiger partial charge is 0.375 e. The Hall–Kier alpha value is -0.830. The first-order valence-electron chi connectivity index (χ1n) is 4.22. The number of hydrogen-bond donors (Lipinski definition) is 1. The number of nitrogens with zero attached hydrogens (tertiary/aromatic N) is 1. The smallest absolute Gasteiger partial charge is 0.180 e. The summed E-state index contributed by atoms with van der Waals surface area (Å²) in [6.07, 6.45) is 5.68. The van der Waals surface area contributed by atoms with Crippen molar-refractivity contribution in [1.82, 2.24) is 4.98 Å². The summed E-state index contributed by atoms with van der Waals surface area (Å²) in [4.78, 5) is 5.63. The highest BCUT2D eigenvalue weighted by molar-refractivity contribution is 7.16. The van der Waals surface area contributed by atoms with Crippen LogP contribution in [0.1, 0.15) is 30.3 Å². The van der Waals surface area contributed by atoms with Crippen molar-refractivity contribution in [2.45, 2.75) is 26.2 Å². The third-order valence-electron chi connectivity index (χ3n) is 2.21. The number of nitrogen functional groups attached to an aromatic ring is 1. The summed E-state index contributed by atoms with van der Waals surface area (Å²) in [7, 11) is 0. The number of nitrogens with two attached hydrogens (primary N) is 1. The number of aromatic nitrogens is 1. The van der Waals surface area contributed by atoms with Gasteiger partial charge in [-0.25, -0.2) is 4.98 Å². The van der Waals surface area contributed by atoms with Crippen LogP contribution in [0.4, 0.5) is 5.13 Å². The Morgan fingerprint density at radius 1 is 1.50 bits per heavy atom. The minimum Gasteiger partial charge on any atom is -0.375 e. The summed E-state index contributed by atoms with van der Waals surface area (Å²) in [5, 5.41) is 0.709. The first-order valence-corrected chi connectivity index (χ1v) is 5.03. The average Bonchev–Trinajstić information content (AvgIpc) is 2.44. The van der Waals surface area contributed by atoms with E-state index in [1.54, 1.807) is 11.3 Å². The minimum atomic E-state index is 0.709. The molecule has 2 nitrogen and oxygen atoms in total. The molecule has 0 amide bonds. The first kappa shape index (κ1) is 7.80. The van der Waals surface area contributed by atoms with Gasteiger partial charge >= 0.3 is 0 Å². The topological polar surface area (TPSA) is 38.9 Å². The molecular weight excluding hydrogens is 168 g/mol. The van der Waals surface area contributed by atoms with E-state index in [2.05, 4.69) is 18.0 Å². The fourth-order valence-electron chi connectivity index (χ4n) is 1.63. The van der Waals surface area contributed by atoms with Gasteiger partial charge in [-0.3, -0.25) is 0 Å². The number of hydrogen-bond acceptors (Lipinski definition) is 3. The van der Waals surface area contributed by atoms with Gasteiger partial charge in [0.15, 0.2) is 5.13 Å². The summed E-state index contributed by atoms with van der Waals surface area (Å²) in [5.74, 6) is 0. The monoisotopic (exact) mass is 180 g/mol. The van der Waals surface area contributed by atoms with Gasteiger partial charge in [-0.05, 0) is 31.8 Å². The fraction of sp³-hybridized carbons (Fsp3) is 0.444. The predicted molar refractivity (Wildman–Crippen MR) is 53.1 cm³/mol. The third-order valence-corrected chi connectivity index (χ3v) is 3.22. The van der Waals surface area contributed by atoms with Crippen LogP contribution in [-0.4, -0.2) is 4.98 Å². The number of fused-ring (bicyclic) bond motifs is 1. The van der Waals surface area contributed by atoms with E-state index in [1.165, 1.54) is 29.0 Å². The Kier molecular flexibility index (Phi) is 1.89. The highest BCUT2D eigenvalue weighted by atomic mass is 32.1. The van der Waals surface area contributed by atoms with Crippen molar-refractivity contribution >= 4 is 22.0 Å². The summed E-state index contributed by atoms with van der Waals surface area (Å²) in [6.45, 7) is 2.08. The van der Waals surface area contributed by atoms with Crippen molar-refractivity contribution in [2.75, 3.05) is 5.73 Å². The molecule has 0 radical (unpaired) electrons. The van der Waals surface area contributed by atoms with Gasteiger partial charge in [-0.1, -0.05) is 17.4 Å². The maximum atomic E-state index is 5.66. The van der Waals surface area contributed by atoms with Crippen LogP contribution in [0.15, 0.2) is 6.08 Å². The lowest BCUT2D eigenvalue weighted by Gasteiger charge is -2.11. The zero-order valence-electron chi connectivity index (χ0n) is 7.13. The number of aryl methyl sites for hydroxylation is 1. The molecule has 1 aromatic rings. The van der Waals surface area contributed by atoms with Crippen molar-refractivity contribution in [3.8, 4) is 0 Å². The van der Waals surface area contributed by atoms with E-state index >= 15 is 0 Å². The maximum absolute atomic E-state index is 5.66. The highest BCUT2D eigenvalue weighted by Gasteiger charge is 2.17. The van der Waals surface area contributed by atoms with Gasteiger partial charge < -0.3 is 5.73 Å². The quantitative estimate of drug-likeness (QED) is 0.666. The molecule has 0 atom stereocenters. The molecule has 0 bridgehead atoms. The van der Waals surface area contributed by atoms with Gasteiger partial charge in [-0.15, -0.1) is 0 Å². The van der Waals surface area contributed by atoms with Crippen LogP contribution in [0.5, 0.6) is 0 Å². The van der Waals surface area contributed by atoms with Gasteiger partial charge in [0.05, 0.1) is 10.6 Å². The predicted octanol–water partition coefficient (Wildman–Crippen LogP) is 2.46. The highest BCUT2D eigenvalue weighted by Crippen LogP contribution is 2.35. The fourth-order valence-corrected chi connectivity index (χ4v) is 2.61. The standard InChI is InChI=1S/C9H12N2S/c1-2-6-4-3-5-7-8(6)12-9(10)11-7/h2H,3-5H2,1H3,(H2,10,11). The lowest BCUT2D eigenvalue weighted by molar-refractivity contribution is 0.806. The second-order valence-electron chi connectivity index (χ2n) is 3.00. The van der Waals surface area contributed by atoms with E-state index in [0.29, 0.717) is 5.13 Å². The van der Waals surface area contributed by atoms with Gasteiger partial charge in [0.2, 0.25) is 0 Å². The molecule has 0 unspecified atom stereocenters. The normalized spacial score (nSPS) is 19.6. The maximum Gasteiger partial charge on any atom is 0.180 e. The Morgan fingerprint density at radius 2 is 2.33 bits per heavy atom. The molecule has 3 heteroatoms. The SMILES string of the molecule is CC=C1CCCc2nc(N)sc21. The van der Waals surface area contributed by atoms with Gasteiger partial charge in [0, 0.05) is 0 Å². The van der Waals surface area contributed by atoms with Crippen molar-refractivity contribution in [3.63, 3.8) is 0 Å². The van der Waals surface area contributed by atoms with E-state index in [9.17, 15) is 0 Å². The third kappa shape index (κ3) is 1.14. The van der Waals surface area contributed by atoms with Crippen molar-refractivity contribution < 1.29 is 0 Å². The first-order chi connectivity index (χ1) is 5.81. The molecule has 2 N–H and O–H groups in total. The van der Waals surface area contributed by atoms with Crippen LogP contribution in [0.25, 0.3) is 5.57 Å². The van der Waals surface area contributed by atoms with E-state index in [-0.39, 0.29) is 0 Å². The van der Waals surface area contributed by atoms with Crippen molar-refractivity contribution in [1.29, 1.82) is 0 Å². The molecule has 1 aliphatic rings. The zero-order valence-corrected chi connectivity index (χ0v) is 7.95. The van der Waals surface area contributed by atoms with Crippen LogP contribution < -0.4 is 5.73 Å². The van der Waals surface area contributed by atoms with Gasteiger partial charge in [0.1, 0.15) is 0 Å². The average molecular weight is 180 g/mol. The van der Waals surface area contributed by atoms with Crippen LogP contribution in [-0.2, 0) is 6.42 Å². The number of rotatable bonds is 0. The molecular formula is C9H12N2S. The zero-order chi connectivity index (χ0) is 8.55. The second-order valence-corrected chi connectivity index (χ2v) is 4.03. The van der Waals surface area contributed by atoms with Crippen molar-refractivity contribution in [3.05, 3.63) is 16.6 Å². The lowest BCUT2D eigenvalue weighted by Crippen LogP contribution is -1.98. The van der Waals surface area contributed by atoms with Crippen LogP contribution >= 0.6 is 11.3 Å². The Bertz CT molecular complexity index is 325. The molecule has 12 heavy (non-hydrogen) atoms. The molecule has 1 aromatic heterocycles. The Morgan fingerprint density at radius 3 is 3.08 bits per heavy atom. The molecule has 0 fully saturated rings. The van der Waals surface area contributed by atoms with Crippen LogP contribution in [0, 0.1) is 0 Å². The molecule has 1 heterocycles. The second kappa shape index (κ2) is 2.90. The van der Waals surface area contributed by atoms with E-state index in [0.717, 1.165) is 6.42 Å². The Labute approximate surface area is 76.1 Å². The number of thiazole rings is 1. The van der Waals surface area contributed by atoms with E-state index in [1.807, 2.05) is 0 Å². The van der Waals surface area contributed by atoms with E-state index < -0.39 is 0 Å². The summed E-state index contributed by atoms with van der Waals surface area (Å²) in [5.41, 5.74) is 8.28. The molecule has 0 aliphatic heterocycles. The number of anilines is 1. The van der Waals surface area contributed by atoms with E-state index in [4.69, 9.17) is 5.73 Å². The summed E-state index contributed by atoms with van der Waals surface area (Å²) in [6, 6.07) is 0. The van der Waals surface area contributed by atoms with Crippen LogP contribution in [0.3, 0.4) is 0 Å². The minimum absolute atomic E-state index is 0.709. The van der Waals surface area contributed by atoms with Crippen molar-refractivity contribution in [2.24, 2.45) is 0 Å². The molecule has 0 saturated carbocycles. The molecule has 0 aromatic carbocycles. The van der Waals surface area contributed by atoms with Crippen LogP contribution in [0.2, 0.25) is 0 Å². The summed E-state index contributed by atoms with van der Waals surface area (Å²) >= 11 is 1.62. The molecule has 0 spiro atoms. The molecule has 1 aliphatic carbocycles. The lowest BCUT2D eigenvalue weighted by atomic mass is 9.97. The van der Waals surface area contributed by atoms with Gasteiger partial charge in [0.25, 0.3) is 0 Å². The summed E-state index contributed by atoms with van der Waals surface area (Å²) < 4.78 is 0. The molecule has 2 rings (SSSR count).